The van der Waals surface area contributed by atoms with Crippen LogP contribution in [-0.4, -0.2) is 24.8 Å². The SMILES string of the molecule is CC(=Cc1ccccc1)CNCC(CCO)c1ccccc1. The number of hydrogen-bond donors (Lipinski definition) is 2. The van der Waals surface area contributed by atoms with Gasteiger partial charge in [0.25, 0.3) is 0 Å². The maximum absolute atomic E-state index is 9.26. The number of aliphatic hydroxyl groups excluding tert-OH is 1. The van der Waals surface area contributed by atoms with Crippen LogP contribution in [0.4, 0.5) is 0 Å². The summed E-state index contributed by atoms with van der Waals surface area (Å²) in [6, 6.07) is 20.8. The maximum Gasteiger partial charge on any atom is 0.0437 e. The summed E-state index contributed by atoms with van der Waals surface area (Å²) in [5, 5.41) is 12.8. The Balaban J connectivity index is 1.86. The molecule has 116 valence electrons. The first kappa shape index (κ1) is 16.5. The molecule has 0 saturated carbocycles. The van der Waals surface area contributed by atoms with Crippen LogP contribution in [0.3, 0.4) is 0 Å². The van der Waals surface area contributed by atoms with Crippen LogP contribution in [-0.2, 0) is 0 Å². The van der Waals surface area contributed by atoms with Crippen molar-refractivity contribution in [1.29, 1.82) is 0 Å². The van der Waals surface area contributed by atoms with Crippen molar-refractivity contribution in [3.63, 3.8) is 0 Å². The van der Waals surface area contributed by atoms with Gasteiger partial charge in [-0.1, -0.05) is 72.3 Å². The second-order valence-corrected chi connectivity index (χ2v) is 5.65. The fourth-order valence-corrected chi connectivity index (χ4v) is 2.60. The van der Waals surface area contributed by atoms with E-state index >= 15 is 0 Å². The van der Waals surface area contributed by atoms with Crippen molar-refractivity contribution in [2.45, 2.75) is 19.3 Å². The lowest BCUT2D eigenvalue weighted by molar-refractivity contribution is 0.274. The van der Waals surface area contributed by atoms with Crippen LogP contribution in [0, 0.1) is 0 Å². The van der Waals surface area contributed by atoms with Crippen LogP contribution >= 0.6 is 0 Å². The molecule has 2 rings (SSSR count). The van der Waals surface area contributed by atoms with Gasteiger partial charge in [-0.05, 0) is 30.4 Å². The van der Waals surface area contributed by atoms with Crippen molar-refractivity contribution < 1.29 is 5.11 Å². The van der Waals surface area contributed by atoms with Crippen LogP contribution < -0.4 is 5.32 Å². The largest absolute Gasteiger partial charge is 0.396 e. The Kier molecular flexibility index (Phi) is 6.88. The minimum absolute atomic E-state index is 0.222. The van der Waals surface area contributed by atoms with Crippen molar-refractivity contribution in [1.82, 2.24) is 5.32 Å². The minimum atomic E-state index is 0.222. The minimum Gasteiger partial charge on any atom is -0.396 e. The van der Waals surface area contributed by atoms with E-state index in [1.807, 2.05) is 12.1 Å². The molecule has 0 aliphatic rings. The van der Waals surface area contributed by atoms with E-state index in [0.29, 0.717) is 5.92 Å². The number of nitrogens with one attached hydrogen (secondary N) is 1. The molecule has 0 aliphatic heterocycles. The molecule has 0 aromatic heterocycles. The van der Waals surface area contributed by atoms with Crippen LogP contribution in [0.25, 0.3) is 6.08 Å². The lowest BCUT2D eigenvalue weighted by Gasteiger charge is -2.17. The quantitative estimate of drug-likeness (QED) is 0.775. The molecule has 2 aromatic rings. The second-order valence-electron chi connectivity index (χ2n) is 5.65. The van der Waals surface area contributed by atoms with E-state index in [1.165, 1.54) is 16.7 Å². The molecule has 2 aromatic carbocycles. The molecule has 0 heterocycles. The van der Waals surface area contributed by atoms with E-state index < -0.39 is 0 Å². The topological polar surface area (TPSA) is 32.3 Å². The molecule has 0 spiro atoms. The van der Waals surface area contributed by atoms with Crippen molar-refractivity contribution >= 4 is 6.08 Å². The zero-order valence-corrected chi connectivity index (χ0v) is 13.2. The van der Waals surface area contributed by atoms with E-state index in [1.54, 1.807) is 0 Å². The molecule has 1 atom stereocenters. The third-order valence-electron chi connectivity index (χ3n) is 3.76. The first-order chi connectivity index (χ1) is 10.8. The Hall–Kier alpha value is -1.90. The summed E-state index contributed by atoms with van der Waals surface area (Å²) < 4.78 is 0. The third-order valence-corrected chi connectivity index (χ3v) is 3.76. The first-order valence-electron chi connectivity index (χ1n) is 7.88. The summed E-state index contributed by atoms with van der Waals surface area (Å²) in [6.07, 6.45) is 3.00. The normalized spacial score (nSPS) is 13.1. The Bertz CT molecular complexity index is 563. The third kappa shape index (κ3) is 5.47. The molecule has 0 bridgehead atoms. The van der Waals surface area contributed by atoms with Gasteiger partial charge in [0.05, 0.1) is 0 Å². The molecule has 0 radical (unpaired) electrons. The predicted octanol–water partition coefficient (Wildman–Crippen LogP) is 3.85. The van der Waals surface area contributed by atoms with Crippen molar-refractivity contribution in [3.8, 4) is 0 Å². The van der Waals surface area contributed by atoms with E-state index in [4.69, 9.17) is 0 Å². The summed E-state index contributed by atoms with van der Waals surface area (Å²) in [6.45, 7) is 4.11. The molecule has 1 unspecified atom stereocenters. The lowest BCUT2D eigenvalue weighted by Crippen LogP contribution is -2.24. The van der Waals surface area contributed by atoms with Gasteiger partial charge >= 0.3 is 0 Å². The van der Waals surface area contributed by atoms with Crippen molar-refractivity contribution in [3.05, 3.63) is 77.4 Å². The highest BCUT2D eigenvalue weighted by molar-refractivity contribution is 5.52. The average Bonchev–Trinajstić information content (AvgIpc) is 2.56. The Morgan fingerprint density at radius 3 is 2.32 bits per heavy atom. The first-order valence-corrected chi connectivity index (χ1v) is 7.88. The molecule has 0 fully saturated rings. The Morgan fingerprint density at radius 1 is 1.05 bits per heavy atom. The van der Waals surface area contributed by atoms with Gasteiger partial charge in [-0.3, -0.25) is 0 Å². The molecule has 2 heteroatoms. The van der Waals surface area contributed by atoms with Crippen LogP contribution in [0.2, 0.25) is 0 Å². The number of aliphatic hydroxyl groups is 1. The van der Waals surface area contributed by atoms with Crippen LogP contribution in [0.5, 0.6) is 0 Å². The average molecular weight is 295 g/mol. The van der Waals surface area contributed by atoms with Gasteiger partial charge in [-0.15, -0.1) is 0 Å². The molecular weight excluding hydrogens is 270 g/mol. The molecule has 22 heavy (non-hydrogen) atoms. The van der Waals surface area contributed by atoms with Gasteiger partial charge in [0.2, 0.25) is 0 Å². The van der Waals surface area contributed by atoms with E-state index in [-0.39, 0.29) is 6.61 Å². The lowest BCUT2D eigenvalue weighted by atomic mass is 9.96. The zero-order chi connectivity index (χ0) is 15.6. The molecule has 2 N–H and O–H groups in total. The summed E-state index contributed by atoms with van der Waals surface area (Å²) in [4.78, 5) is 0. The highest BCUT2D eigenvalue weighted by atomic mass is 16.3. The molecule has 0 aliphatic carbocycles. The van der Waals surface area contributed by atoms with Gasteiger partial charge in [0.15, 0.2) is 0 Å². The highest BCUT2D eigenvalue weighted by Gasteiger charge is 2.10. The summed E-state index contributed by atoms with van der Waals surface area (Å²) >= 11 is 0. The van der Waals surface area contributed by atoms with Gasteiger partial charge < -0.3 is 10.4 Å². The summed E-state index contributed by atoms with van der Waals surface area (Å²) in [5.41, 5.74) is 3.83. The number of benzene rings is 2. The highest BCUT2D eigenvalue weighted by Crippen LogP contribution is 2.18. The monoisotopic (exact) mass is 295 g/mol. The van der Waals surface area contributed by atoms with Crippen LogP contribution in [0.1, 0.15) is 30.4 Å². The van der Waals surface area contributed by atoms with Crippen molar-refractivity contribution in [2.75, 3.05) is 19.7 Å². The van der Waals surface area contributed by atoms with Gasteiger partial charge in [-0.2, -0.15) is 0 Å². The standard InChI is InChI=1S/C20H25NO/c1-17(14-18-8-4-2-5-9-18)15-21-16-20(12-13-22)19-10-6-3-7-11-19/h2-11,14,20-22H,12-13,15-16H2,1H3. The summed E-state index contributed by atoms with van der Waals surface area (Å²) in [7, 11) is 0. The van der Waals surface area contributed by atoms with E-state index in [9.17, 15) is 5.11 Å². The fourth-order valence-electron chi connectivity index (χ4n) is 2.60. The number of hydrogen-bond acceptors (Lipinski definition) is 2. The second kappa shape index (κ2) is 9.19. The zero-order valence-electron chi connectivity index (χ0n) is 13.2. The molecule has 0 amide bonds. The smallest absolute Gasteiger partial charge is 0.0437 e. The molecule has 0 saturated heterocycles. The fraction of sp³-hybridized carbons (Fsp3) is 0.300. The van der Waals surface area contributed by atoms with Gasteiger partial charge in [-0.25, -0.2) is 0 Å². The predicted molar refractivity (Wildman–Crippen MR) is 93.8 cm³/mol. The molecule has 2 nitrogen and oxygen atoms in total. The van der Waals surface area contributed by atoms with Crippen LogP contribution in [0.15, 0.2) is 66.2 Å². The Morgan fingerprint density at radius 2 is 1.68 bits per heavy atom. The van der Waals surface area contributed by atoms with E-state index in [0.717, 1.165) is 19.5 Å². The number of rotatable bonds is 8. The summed E-state index contributed by atoms with van der Waals surface area (Å²) in [5.74, 6) is 0.357. The maximum atomic E-state index is 9.26. The van der Waals surface area contributed by atoms with Crippen molar-refractivity contribution in [2.24, 2.45) is 0 Å². The van der Waals surface area contributed by atoms with E-state index in [2.05, 4.69) is 66.8 Å². The van der Waals surface area contributed by atoms with Gasteiger partial charge in [0.1, 0.15) is 0 Å². The Labute approximate surface area is 133 Å². The van der Waals surface area contributed by atoms with Gasteiger partial charge in [0, 0.05) is 19.7 Å². The molecular formula is C20H25NO.